The smallest absolute Gasteiger partial charge is 0.227 e. The van der Waals surface area contributed by atoms with Gasteiger partial charge in [0.25, 0.3) is 0 Å². The summed E-state index contributed by atoms with van der Waals surface area (Å²) >= 11 is 0. The highest BCUT2D eigenvalue weighted by Gasteiger charge is 2.30. The van der Waals surface area contributed by atoms with E-state index >= 15 is 0 Å². The molecule has 0 aliphatic carbocycles. The first-order valence-corrected chi connectivity index (χ1v) is 6.34. The molecule has 1 heterocycles. The fraction of sp³-hybridized carbons (Fsp3) is 0.500. The number of hydrogen-bond acceptors (Lipinski definition) is 4. The molecule has 1 aliphatic rings. The highest BCUT2D eigenvalue weighted by Crippen LogP contribution is 2.43. The molecule has 0 saturated carbocycles. The second-order valence-corrected chi connectivity index (χ2v) is 4.70. The van der Waals surface area contributed by atoms with E-state index in [0.717, 1.165) is 17.7 Å². The summed E-state index contributed by atoms with van der Waals surface area (Å²) in [5, 5.41) is 0. The standard InChI is InChI=1S/C14H20N2O3/c1-16-11-8-13(19-3)12(18-2)7-10(11)9(4-5-15)6-14(16)17/h7-9H,4-6,15H2,1-3H3. The van der Waals surface area contributed by atoms with Gasteiger partial charge >= 0.3 is 0 Å². The van der Waals surface area contributed by atoms with Crippen molar-refractivity contribution in [2.24, 2.45) is 5.73 Å². The van der Waals surface area contributed by atoms with Crippen LogP contribution in [0.2, 0.25) is 0 Å². The van der Waals surface area contributed by atoms with Gasteiger partial charge in [0, 0.05) is 19.5 Å². The number of carbonyl (C=O) groups excluding carboxylic acids is 1. The van der Waals surface area contributed by atoms with Gasteiger partial charge in [0.1, 0.15) is 0 Å². The van der Waals surface area contributed by atoms with E-state index in [0.29, 0.717) is 24.5 Å². The predicted molar refractivity (Wildman–Crippen MR) is 74.0 cm³/mol. The molecule has 2 N–H and O–H groups in total. The van der Waals surface area contributed by atoms with Crippen LogP contribution in [0.15, 0.2) is 12.1 Å². The number of anilines is 1. The van der Waals surface area contributed by atoms with Crippen molar-refractivity contribution in [1.82, 2.24) is 0 Å². The minimum absolute atomic E-state index is 0.109. The highest BCUT2D eigenvalue weighted by atomic mass is 16.5. The van der Waals surface area contributed by atoms with Crippen LogP contribution in [0.4, 0.5) is 5.69 Å². The maximum Gasteiger partial charge on any atom is 0.227 e. The molecule has 1 aliphatic heterocycles. The van der Waals surface area contributed by atoms with Crippen LogP contribution in [0.1, 0.15) is 24.3 Å². The van der Waals surface area contributed by atoms with Crippen LogP contribution in [-0.4, -0.2) is 33.7 Å². The second-order valence-electron chi connectivity index (χ2n) is 4.70. The quantitative estimate of drug-likeness (QED) is 0.895. The van der Waals surface area contributed by atoms with Crippen LogP contribution in [0.3, 0.4) is 0 Å². The molecule has 5 nitrogen and oxygen atoms in total. The molecule has 5 heteroatoms. The number of amides is 1. The van der Waals surface area contributed by atoms with Crippen LogP contribution >= 0.6 is 0 Å². The molecule has 0 radical (unpaired) electrons. The van der Waals surface area contributed by atoms with Crippen molar-refractivity contribution in [3.8, 4) is 11.5 Å². The van der Waals surface area contributed by atoms with E-state index in [2.05, 4.69) is 0 Å². The van der Waals surface area contributed by atoms with E-state index in [9.17, 15) is 4.79 Å². The first kappa shape index (κ1) is 13.7. The van der Waals surface area contributed by atoms with Gasteiger partial charge < -0.3 is 20.1 Å². The van der Waals surface area contributed by atoms with Gasteiger partial charge in [-0.05, 0) is 30.5 Å². The van der Waals surface area contributed by atoms with Crippen molar-refractivity contribution in [3.05, 3.63) is 17.7 Å². The van der Waals surface area contributed by atoms with Gasteiger partial charge in [-0.1, -0.05) is 0 Å². The summed E-state index contributed by atoms with van der Waals surface area (Å²) in [6.45, 7) is 0.565. The van der Waals surface area contributed by atoms with E-state index in [1.807, 2.05) is 12.1 Å². The van der Waals surface area contributed by atoms with Crippen molar-refractivity contribution in [3.63, 3.8) is 0 Å². The Hall–Kier alpha value is -1.75. The molecule has 1 unspecified atom stereocenters. The molecule has 1 aromatic carbocycles. The fourth-order valence-electron chi connectivity index (χ4n) is 2.55. The average molecular weight is 264 g/mol. The number of nitrogens with two attached hydrogens (primary N) is 1. The van der Waals surface area contributed by atoms with Crippen LogP contribution in [0.5, 0.6) is 11.5 Å². The minimum Gasteiger partial charge on any atom is -0.493 e. The largest absolute Gasteiger partial charge is 0.493 e. The molecule has 1 atom stereocenters. The van der Waals surface area contributed by atoms with Crippen LogP contribution in [0, 0.1) is 0 Å². The number of benzene rings is 1. The van der Waals surface area contributed by atoms with Crippen LogP contribution < -0.4 is 20.1 Å². The lowest BCUT2D eigenvalue weighted by atomic mass is 9.87. The van der Waals surface area contributed by atoms with Crippen LogP contribution in [0.25, 0.3) is 0 Å². The molecule has 0 aromatic heterocycles. The van der Waals surface area contributed by atoms with Gasteiger partial charge in [-0.3, -0.25) is 4.79 Å². The molecular weight excluding hydrogens is 244 g/mol. The molecule has 0 spiro atoms. The van der Waals surface area contributed by atoms with E-state index < -0.39 is 0 Å². The molecule has 1 aromatic rings. The number of nitrogens with zero attached hydrogens (tertiary/aromatic N) is 1. The zero-order valence-electron chi connectivity index (χ0n) is 11.6. The highest BCUT2D eigenvalue weighted by molar-refractivity contribution is 5.97. The Morgan fingerprint density at radius 3 is 2.53 bits per heavy atom. The first-order chi connectivity index (χ1) is 9.12. The molecule has 0 fully saturated rings. The second kappa shape index (κ2) is 5.48. The van der Waals surface area contributed by atoms with E-state index in [-0.39, 0.29) is 11.8 Å². The van der Waals surface area contributed by atoms with E-state index in [1.165, 1.54) is 0 Å². The summed E-state index contributed by atoms with van der Waals surface area (Å²) in [6.07, 6.45) is 1.29. The molecule has 1 amide bonds. The SMILES string of the molecule is COc1cc2c(cc1OC)N(C)C(=O)CC2CCN. The predicted octanol–water partition coefficient (Wildman–Crippen LogP) is 1.50. The minimum atomic E-state index is 0.109. The molecule has 2 rings (SSSR count). The summed E-state index contributed by atoms with van der Waals surface area (Å²) in [7, 11) is 4.98. The van der Waals surface area contributed by atoms with Gasteiger partial charge in [-0.15, -0.1) is 0 Å². The Morgan fingerprint density at radius 1 is 1.32 bits per heavy atom. The number of fused-ring (bicyclic) bond motifs is 1. The zero-order valence-corrected chi connectivity index (χ0v) is 11.6. The van der Waals surface area contributed by atoms with E-state index in [4.69, 9.17) is 15.2 Å². The summed E-state index contributed by atoms with van der Waals surface area (Å²) in [4.78, 5) is 13.7. The third-order valence-corrected chi connectivity index (χ3v) is 3.64. The lowest BCUT2D eigenvalue weighted by Gasteiger charge is -2.32. The Bertz CT molecular complexity index is 488. The zero-order chi connectivity index (χ0) is 14.0. The number of ether oxygens (including phenoxy) is 2. The normalized spacial score (nSPS) is 18.2. The Labute approximate surface area is 113 Å². The van der Waals surface area contributed by atoms with Gasteiger partial charge in [0.15, 0.2) is 11.5 Å². The maximum absolute atomic E-state index is 12.0. The van der Waals surface area contributed by atoms with Crippen molar-refractivity contribution >= 4 is 11.6 Å². The monoisotopic (exact) mass is 264 g/mol. The lowest BCUT2D eigenvalue weighted by molar-refractivity contribution is -0.119. The van der Waals surface area contributed by atoms with Crippen molar-refractivity contribution < 1.29 is 14.3 Å². The number of carbonyl (C=O) groups is 1. The topological polar surface area (TPSA) is 64.8 Å². The molecular formula is C14H20N2O3. The fourth-order valence-corrected chi connectivity index (χ4v) is 2.55. The molecule has 19 heavy (non-hydrogen) atoms. The Morgan fingerprint density at radius 2 is 1.95 bits per heavy atom. The summed E-state index contributed by atoms with van der Waals surface area (Å²) in [5.74, 6) is 1.59. The summed E-state index contributed by atoms with van der Waals surface area (Å²) < 4.78 is 10.6. The van der Waals surface area contributed by atoms with Crippen molar-refractivity contribution in [2.45, 2.75) is 18.8 Å². The third kappa shape index (κ3) is 2.38. The van der Waals surface area contributed by atoms with Crippen molar-refractivity contribution in [2.75, 3.05) is 32.7 Å². The Balaban J connectivity index is 2.53. The average Bonchev–Trinajstić information content (AvgIpc) is 2.43. The maximum atomic E-state index is 12.0. The van der Waals surface area contributed by atoms with Gasteiger partial charge in [-0.2, -0.15) is 0 Å². The lowest BCUT2D eigenvalue weighted by Crippen LogP contribution is -2.33. The third-order valence-electron chi connectivity index (χ3n) is 3.64. The number of methoxy groups -OCH3 is 2. The number of rotatable bonds is 4. The number of hydrogen-bond donors (Lipinski definition) is 1. The summed E-state index contributed by atoms with van der Waals surface area (Å²) in [5.41, 5.74) is 7.63. The molecule has 0 bridgehead atoms. The van der Waals surface area contributed by atoms with Gasteiger partial charge in [0.2, 0.25) is 5.91 Å². The van der Waals surface area contributed by atoms with Gasteiger partial charge in [0.05, 0.1) is 19.9 Å². The summed E-state index contributed by atoms with van der Waals surface area (Å²) in [6, 6.07) is 3.81. The molecule has 0 saturated heterocycles. The van der Waals surface area contributed by atoms with Crippen molar-refractivity contribution in [1.29, 1.82) is 0 Å². The van der Waals surface area contributed by atoms with E-state index in [1.54, 1.807) is 26.2 Å². The Kier molecular flexibility index (Phi) is 3.95. The van der Waals surface area contributed by atoms with Crippen LogP contribution in [-0.2, 0) is 4.79 Å². The molecule has 104 valence electrons. The first-order valence-electron chi connectivity index (χ1n) is 6.34. The van der Waals surface area contributed by atoms with Gasteiger partial charge in [-0.25, -0.2) is 0 Å².